The van der Waals surface area contributed by atoms with Crippen molar-refractivity contribution < 1.29 is 0 Å². The standard InChI is InChI=1S/C12H19IN4/c13-9-5-15-17(6-9)12-3-1-11(2-4-12)16-7-10(14)8-16/h5-6,10-12H,1-4,7-8,14H2. The van der Waals surface area contributed by atoms with Gasteiger partial charge in [-0.25, -0.2) is 0 Å². The van der Waals surface area contributed by atoms with Gasteiger partial charge in [0.15, 0.2) is 0 Å². The van der Waals surface area contributed by atoms with Crippen LogP contribution in [0.4, 0.5) is 0 Å². The van der Waals surface area contributed by atoms with Crippen molar-refractivity contribution in [3.8, 4) is 0 Å². The summed E-state index contributed by atoms with van der Waals surface area (Å²) in [6.45, 7) is 2.21. The van der Waals surface area contributed by atoms with E-state index in [0.717, 1.165) is 19.1 Å². The molecule has 0 aromatic carbocycles. The summed E-state index contributed by atoms with van der Waals surface area (Å²) in [6, 6.07) is 1.82. The Kier molecular flexibility index (Phi) is 3.40. The molecular weight excluding hydrogens is 327 g/mol. The van der Waals surface area contributed by atoms with Crippen LogP contribution in [0.15, 0.2) is 12.4 Å². The summed E-state index contributed by atoms with van der Waals surface area (Å²) in [5.41, 5.74) is 5.84. The minimum absolute atomic E-state index is 0.431. The maximum Gasteiger partial charge on any atom is 0.0623 e. The van der Waals surface area contributed by atoms with Gasteiger partial charge < -0.3 is 5.73 Å². The molecule has 2 aliphatic rings. The first-order chi connectivity index (χ1) is 8.22. The third kappa shape index (κ3) is 2.51. The first-order valence-corrected chi connectivity index (χ1v) is 7.49. The Morgan fingerprint density at radius 1 is 1.18 bits per heavy atom. The Hall–Kier alpha value is -0.140. The van der Waals surface area contributed by atoms with Crippen LogP contribution in [0.25, 0.3) is 0 Å². The number of hydrogen-bond donors (Lipinski definition) is 1. The second-order valence-corrected chi connectivity index (χ2v) is 6.56. The van der Waals surface area contributed by atoms with E-state index in [1.807, 2.05) is 6.20 Å². The Morgan fingerprint density at radius 2 is 1.82 bits per heavy atom. The second kappa shape index (κ2) is 4.85. The van der Waals surface area contributed by atoms with Crippen molar-refractivity contribution in [2.24, 2.45) is 5.73 Å². The Labute approximate surface area is 116 Å². The van der Waals surface area contributed by atoms with Gasteiger partial charge in [-0.05, 0) is 48.3 Å². The van der Waals surface area contributed by atoms with E-state index in [1.54, 1.807) is 0 Å². The molecule has 17 heavy (non-hydrogen) atoms. The fourth-order valence-corrected chi connectivity index (χ4v) is 3.46. The molecule has 2 fully saturated rings. The molecule has 0 spiro atoms. The van der Waals surface area contributed by atoms with E-state index in [0.29, 0.717) is 12.1 Å². The number of nitrogens with zero attached hydrogens (tertiary/aromatic N) is 3. The SMILES string of the molecule is NC1CN(C2CCC(n3cc(I)cn3)CC2)C1. The van der Waals surface area contributed by atoms with Gasteiger partial charge in [-0.15, -0.1) is 0 Å². The number of nitrogens with two attached hydrogens (primary N) is 1. The quantitative estimate of drug-likeness (QED) is 0.828. The smallest absolute Gasteiger partial charge is 0.0623 e. The van der Waals surface area contributed by atoms with E-state index in [1.165, 1.54) is 29.3 Å². The lowest BCUT2D eigenvalue weighted by Gasteiger charge is -2.45. The van der Waals surface area contributed by atoms with Gasteiger partial charge in [-0.3, -0.25) is 9.58 Å². The summed E-state index contributed by atoms with van der Waals surface area (Å²) < 4.78 is 3.39. The third-order valence-electron chi connectivity index (χ3n) is 4.06. The van der Waals surface area contributed by atoms with Gasteiger partial charge in [0, 0.05) is 31.4 Å². The molecule has 2 heterocycles. The van der Waals surface area contributed by atoms with Crippen LogP contribution in [0.1, 0.15) is 31.7 Å². The molecule has 5 heteroatoms. The lowest BCUT2D eigenvalue weighted by atomic mass is 9.88. The van der Waals surface area contributed by atoms with Gasteiger partial charge in [0.25, 0.3) is 0 Å². The van der Waals surface area contributed by atoms with Crippen molar-refractivity contribution >= 4 is 22.6 Å². The van der Waals surface area contributed by atoms with Gasteiger partial charge in [0.2, 0.25) is 0 Å². The molecule has 2 N–H and O–H groups in total. The highest BCUT2D eigenvalue weighted by Gasteiger charge is 2.33. The molecular formula is C12H19IN4. The zero-order valence-electron chi connectivity index (χ0n) is 9.93. The molecule has 1 saturated heterocycles. The zero-order valence-corrected chi connectivity index (χ0v) is 12.1. The fraction of sp³-hybridized carbons (Fsp3) is 0.750. The predicted molar refractivity (Wildman–Crippen MR) is 75.8 cm³/mol. The van der Waals surface area contributed by atoms with Gasteiger partial charge >= 0.3 is 0 Å². The van der Waals surface area contributed by atoms with E-state index in [-0.39, 0.29) is 0 Å². The first-order valence-electron chi connectivity index (χ1n) is 6.41. The van der Waals surface area contributed by atoms with E-state index in [4.69, 9.17) is 5.73 Å². The third-order valence-corrected chi connectivity index (χ3v) is 4.62. The van der Waals surface area contributed by atoms with Crippen LogP contribution in [0.5, 0.6) is 0 Å². The van der Waals surface area contributed by atoms with Crippen LogP contribution in [0, 0.1) is 3.57 Å². The topological polar surface area (TPSA) is 47.1 Å². The van der Waals surface area contributed by atoms with Crippen LogP contribution >= 0.6 is 22.6 Å². The molecule has 0 radical (unpaired) electrons. The highest BCUT2D eigenvalue weighted by atomic mass is 127. The van der Waals surface area contributed by atoms with E-state index < -0.39 is 0 Å². The van der Waals surface area contributed by atoms with Crippen LogP contribution in [-0.2, 0) is 0 Å². The normalized spacial score (nSPS) is 31.4. The Balaban J connectivity index is 1.54. The van der Waals surface area contributed by atoms with E-state index in [2.05, 4.69) is 43.5 Å². The van der Waals surface area contributed by atoms with Gasteiger partial charge in [0.1, 0.15) is 0 Å². The maximum absolute atomic E-state index is 5.84. The molecule has 0 atom stereocenters. The van der Waals surface area contributed by atoms with Gasteiger partial charge in [-0.1, -0.05) is 0 Å². The van der Waals surface area contributed by atoms with Gasteiger partial charge in [0.05, 0.1) is 15.8 Å². The Morgan fingerprint density at radius 3 is 2.35 bits per heavy atom. The molecule has 1 aliphatic heterocycles. The van der Waals surface area contributed by atoms with Crippen molar-refractivity contribution in [2.45, 2.75) is 43.8 Å². The molecule has 4 nitrogen and oxygen atoms in total. The number of rotatable bonds is 2. The number of aromatic nitrogens is 2. The summed E-state index contributed by atoms with van der Waals surface area (Å²) >= 11 is 2.32. The first kappa shape index (κ1) is 11.9. The molecule has 1 aliphatic carbocycles. The summed E-state index contributed by atoms with van der Waals surface area (Å²) in [5, 5.41) is 4.43. The predicted octanol–water partition coefficient (Wildman–Crippen LogP) is 1.61. The summed E-state index contributed by atoms with van der Waals surface area (Å²) in [7, 11) is 0. The van der Waals surface area contributed by atoms with Crippen LogP contribution < -0.4 is 5.73 Å². The monoisotopic (exact) mass is 346 g/mol. The average Bonchev–Trinajstić information content (AvgIpc) is 2.72. The van der Waals surface area contributed by atoms with Gasteiger partial charge in [-0.2, -0.15) is 5.10 Å². The summed E-state index contributed by atoms with van der Waals surface area (Å²) in [5.74, 6) is 0. The fourth-order valence-electron chi connectivity index (χ4n) is 3.05. The number of halogens is 1. The number of likely N-dealkylation sites (tertiary alicyclic amines) is 1. The molecule has 0 bridgehead atoms. The van der Waals surface area contributed by atoms with Crippen LogP contribution in [-0.4, -0.2) is 39.9 Å². The minimum atomic E-state index is 0.431. The second-order valence-electron chi connectivity index (χ2n) is 5.31. The lowest BCUT2D eigenvalue weighted by molar-refractivity contribution is 0.0612. The van der Waals surface area contributed by atoms with Crippen LogP contribution in [0.2, 0.25) is 0 Å². The minimum Gasteiger partial charge on any atom is -0.325 e. The zero-order chi connectivity index (χ0) is 11.8. The average molecular weight is 346 g/mol. The number of hydrogen-bond acceptors (Lipinski definition) is 3. The highest BCUT2D eigenvalue weighted by Crippen LogP contribution is 2.32. The molecule has 1 aromatic heterocycles. The van der Waals surface area contributed by atoms with Crippen molar-refractivity contribution in [3.63, 3.8) is 0 Å². The van der Waals surface area contributed by atoms with Crippen LogP contribution in [0.3, 0.4) is 0 Å². The molecule has 1 saturated carbocycles. The van der Waals surface area contributed by atoms with E-state index >= 15 is 0 Å². The van der Waals surface area contributed by atoms with E-state index in [9.17, 15) is 0 Å². The highest BCUT2D eigenvalue weighted by molar-refractivity contribution is 14.1. The van der Waals surface area contributed by atoms with Crippen molar-refractivity contribution in [3.05, 3.63) is 16.0 Å². The molecule has 1 aromatic rings. The lowest BCUT2D eigenvalue weighted by Crippen LogP contribution is -2.59. The Bertz CT molecular complexity index is 378. The van der Waals surface area contributed by atoms with Crippen molar-refractivity contribution in [1.29, 1.82) is 0 Å². The molecule has 3 rings (SSSR count). The molecule has 0 unspecified atom stereocenters. The maximum atomic E-state index is 5.84. The van der Waals surface area contributed by atoms with Crippen molar-refractivity contribution in [1.82, 2.24) is 14.7 Å². The molecule has 0 amide bonds. The molecule has 94 valence electrons. The van der Waals surface area contributed by atoms with Crippen molar-refractivity contribution in [2.75, 3.05) is 13.1 Å². The summed E-state index contributed by atoms with van der Waals surface area (Å²) in [6.07, 6.45) is 9.22. The summed E-state index contributed by atoms with van der Waals surface area (Å²) in [4.78, 5) is 2.55. The largest absolute Gasteiger partial charge is 0.325 e.